The van der Waals surface area contributed by atoms with Crippen molar-refractivity contribution >= 4 is 13.8 Å². The molecule has 0 aromatic carbocycles. The molecule has 1 heterocycles. The van der Waals surface area contributed by atoms with Gasteiger partial charge < -0.3 is 28.7 Å². The van der Waals surface area contributed by atoms with Gasteiger partial charge in [-0.15, -0.1) is 0 Å². The van der Waals surface area contributed by atoms with Crippen molar-refractivity contribution in [1.82, 2.24) is 0 Å². The number of phosphoric acid groups is 1. The number of ether oxygens (including phenoxy) is 1. The van der Waals surface area contributed by atoms with E-state index >= 15 is 0 Å². The minimum Gasteiger partial charge on any atom is -0.790 e. The normalized spacial score (nSPS) is 36.4. The van der Waals surface area contributed by atoms with Crippen molar-refractivity contribution in [3.8, 4) is 0 Å². The Bertz CT molecular complexity index is 777. The molecule has 0 aromatic rings. The fourth-order valence-corrected chi connectivity index (χ4v) is 5.84. The first-order valence-electron chi connectivity index (χ1n) is 9.55. The Balaban J connectivity index is 0.00000225. The third-order valence-corrected chi connectivity index (χ3v) is 7.41. The first-order chi connectivity index (χ1) is 13.0. The molecular formula is C20H27Na2O7P. The standard InChI is InChI=1S/C20H29O7P.2Na/c1-13-4-7-16-19(2,15(13)6-5-14-9-11-26-18(14)22)10-8-17(21)20(16,3)12-27-28(23,24)25;;/h5-6,9,15-17,21H,1,4,7-8,10-12H2,2-3H3,(H2,23,24,25);;/q;2*+1/p-2/b6-5+;;/t15?,16?,17-,19-,20+;;/m1../s1. The Hall–Kier alpha value is 0.760. The van der Waals surface area contributed by atoms with Crippen LogP contribution in [0.5, 0.6) is 0 Å². The molecule has 1 aliphatic heterocycles. The van der Waals surface area contributed by atoms with E-state index in [-0.39, 0.29) is 95.5 Å². The van der Waals surface area contributed by atoms with Gasteiger partial charge in [-0.2, -0.15) is 0 Å². The number of aliphatic hydroxyl groups is 1. The summed E-state index contributed by atoms with van der Waals surface area (Å²) in [7, 11) is -5.13. The minimum absolute atomic E-state index is 0. The molecule has 3 rings (SSSR count). The van der Waals surface area contributed by atoms with Gasteiger partial charge in [0.1, 0.15) is 6.61 Å². The smallest absolute Gasteiger partial charge is 0.790 e. The predicted octanol–water partition coefficient (Wildman–Crippen LogP) is -4.37. The number of hydrogen-bond donors (Lipinski definition) is 1. The summed E-state index contributed by atoms with van der Waals surface area (Å²) < 4.78 is 20.6. The van der Waals surface area contributed by atoms with E-state index in [0.717, 1.165) is 18.4 Å². The van der Waals surface area contributed by atoms with Gasteiger partial charge in [0, 0.05) is 11.3 Å². The van der Waals surface area contributed by atoms with Gasteiger partial charge in [0.05, 0.1) is 26.1 Å². The summed E-state index contributed by atoms with van der Waals surface area (Å²) in [5, 5.41) is 10.7. The van der Waals surface area contributed by atoms with E-state index < -0.39 is 19.3 Å². The van der Waals surface area contributed by atoms with Crippen molar-refractivity contribution < 1.29 is 92.6 Å². The van der Waals surface area contributed by atoms with E-state index in [1.54, 1.807) is 19.1 Å². The molecule has 2 saturated carbocycles. The quantitative estimate of drug-likeness (QED) is 0.192. The first kappa shape index (κ1) is 28.8. The van der Waals surface area contributed by atoms with Crippen molar-refractivity contribution in [3.05, 3.63) is 36.0 Å². The summed E-state index contributed by atoms with van der Waals surface area (Å²) >= 11 is 0. The van der Waals surface area contributed by atoms with Crippen LogP contribution in [0.3, 0.4) is 0 Å². The second kappa shape index (κ2) is 10.8. The first-order valence-corrected chi connectivity index (χ1v) is 11.0. The molecule has 1 N–H and O–H groups in total. The molecular weight excluding hydrogens is 429 g/mol. The second-order valence-electron chi connectivity index (χ2n) is 8.63. The van der Waals surface area contributed by atoms with E-state index in [0.29, 0.717) is 18.4 Å². The number of allylic oxidation sites excluding steroid dienone is 2. The maximum absolute atomic E-state index is 11.7. The predicted molar refractivity (Wildman–Crippen MR) is 98.5 cm³/mol. The zero-order valence-corrected chi connectivity index (χ0v) is 23.2. The van der Waals surface area contributed by atoms with Crippen LogP contribution in [0.15, 0.2) is 36.0 Å². The fraction of sp³-hybridized carbons (Fsp3) is 0.650. The van der Waals surface area contributed by atoms with Gasteiger partial charge >= 0.3 is 65.1 Å². The minimum atomic E-state index is -5.13. The van der Waals surface area contributed by atoms with Crippen LogP contribution in [0.2, 0.25) is 0 Å². The Kier molecular flexibility index (Phi) is 10.4. The van der Waals surface area contributed by atoms with Gasteiger partial charge in [-0.05, 0) is 43.1 Å². The topological polar surface area (TPSA) is 119 Å². The summed E-state index contributed by atoms with van der Waals surface area (Å²) in [6.07, 6.45) is 7.33. The van der Waals surface area contributed by atoms with E-state index in [1.807, 2.05) is 6.08 Å². The van der Waals surface area contributed by atoms with E-state index in [9.17, 15) is 24.3 Å². The van der Waals surface area contributed by atoms with Crippen molar-refractivity contribution in [2.45, 2.75) is 45.6 Å². The summed E-state index contributed by atoms with van der Waals surface area (Å²) in [6.45, 7) is 8.06. The number of cyclic esters (lactones) is 1. The van der Waals surface area contributed by atoms with E-state index in [4.69, 9.17) is 4.74 Å². The van der Waals surface area contributed by atoms with Crippen molar-refractivity contribution in [2.24, 2.45) is 22.7 Å². The SMILES string of the molecule is C=C1CCC2[C@](C)(CC[C@@H](O)[C@@]2(C)COP(=O)([O-])[O-])C1/C=C/C1=CCOC1=O.[Na+].[Na+]. The molecule has 2 fully saturated rings. The van der Waals surface area contributed by atoms with Crippen LogP contribution < -0.4 is 68.9 Å². The van der Waals surface area contributed by atoms with Crippen molar-refractivity contribution in [2.75, 3.05) is 13.2 Å². The number of carbonyl (C=O) groups is 1. The number of aliphatic hydroxyl groups excluding tert-OH is 1. The van der Waals surface area contributed by atoms with Crippen LogP contribution in [0, 0.1) is 22.7 Å². The Morgan fingerprint density at radius 3 is 2.60 bits per heavy atom. The Morgan fingerprint density at radius 2 is 2.03 bits per heavy atom. The van der Waals surface area contributed by atoms with Crippen LogP contribution in [-0.2, 0) is 18.6 Å². The molecule has 5 atom stereocenters. The largest absolute Gasteiger partial charge is 1.00 e. The van der Waals surface area contributed by atoms with Crippen LogP contribution in [0.25, 0.3) is 0 Å². The number of rotatable bonds is 5. The maximum Gasteiger partial charge on any atom is 1.00 e. The number of esters is 1. The second-order valence-corrected chi connectivity index (χ2v) is 9.78. The summed E-state index contributed by atoms with van der Waals surface area (Å²) in [5.74, 6) is -0.461. The molecule has 156 valence electrons. The molecule has 0 bridgehead atoms. The molecule has 0 radical (unpaired) electrons. The molecule has 0 aromatic heterocycles. The van der Waals surface area contributed by atoms with Gasteiger partial charge in [-0.1, -0.05) is 38.2 Å². The molecule has 0 spiro atoms. The summed E-state index contributed by atoms with van der Waals surface area (Å²) in [6, 6.07) is 0. The zero-order valence-electron chi connectivity index (χ0n) is 18.3. The number of fused-ring (bicyclic) bond motifs is 1. The van der Waals surface area contributed by atoms with Crippen molar-refractivity contribution in [1.29, 1.82) is 0 Å². The van der Waals surface area contributed by atoms with Gasteiger partial charge in [-0.3, -0.25) is 0 Å². The van der Waals surface area contributed by atoms with Gasteiger partial charge in [0.2, 0.25) is 0 Å². The van der Waals surface area contributed by atoms with Crippen LogP contribution in [0.4, 0.5) is 0 Å². The molecule has 0 saturated heterocycles. The third-order valence-electron chi connectivity index (χ3n) is 6.97. The molecule has 30 heavy (non-hydrogen) atoms. The number of phosphoric ester groups is 1. The van der Waals surface area contributed by atoms with Crippen LogP contribution in [-0.4, -0.2) is 30.4 Å². The average molecular weight is 456 g/mol. The van der Waals surface area contributed by atoms with Gasteiger partial charge in [0.15, 0.2) is 0 Å². The molecule has 2 unspecified atom stereocenters. The third kappa shape index (κ3) is 5.81. The number of carbonyl (C=O) groups excluding carboxylic acids is 1. The summed E-state index contributed by atoms with van der Waals surface area (Å²) in [5.41, 5.74) is 0.386. The van der Waals surface area contributed by atoms with E-state index in [1.165, 1.54) is 0 Å². The number of hydrogen-bond acceptors (Lipinski definition) is 7. The Morgan fingerprint density at radius 1 is 1.37 bits per heavy atom. The van der Waals surface area contributed by atoms with E-state index in [2.05, 4.69) is 18.0 Å². The zero-order chi connectivity index (χ0) is 20.7. The van der Waals surface area contributed by atoms with Gasteiger partial charge in [-0.25, -0.2) is 4.79 Å². The fourth-order valence-electron chi connectivity index (χ4n) is 5.40. The molecule has 7 nitrogen and oxygen atoms in total. The molecule has 2 aliphatic carbocycles. The summed E-state index contributed by atoms with van der Waals surface area (Å²) in [4.78, 5) is 33.8. The Labute approximate surface area is 222 Å². The molecule has 10 heteroatoms. The monoisotopic (exact) mass is 456 g/mol. The molecule has 3 aliphatic rings. The van der Waals surface area contributed by atoms with Crippen LogP contribution in [0.1, 0.15) is 39.5 Å². The maximum atomic E-state index is 11.7. The van der Waals surface area contributed by atoms with Gasteiger partial charge in [0.25, 0.3) is 0 Å². The molecule has 0 amide bonds. The average Bonchev–Trinajstić information content (AvgIpc) is 3.01. The van der Waals surface area contributed by atoms with Crippen molar-refractivity contribution in [3.63, 3.8) is 0 Å². The van der Waals surface area contributed by atoms with Crippen LogP contribution >= 0.6 is 7.82 Å².